The number of anilines is 1. The van der Waals surface area contributed by atoms with Crippen molar-refractivity contribution in [2.24, 2.45) is 11.7 Å². The number of rotatable bonds is 3. The van der Waals surface area contributed by atoms with Gasteiger partial charge in [-0.3, -0.25) is 4.79 Å². The molecule has 3 rings (SSSR count). The number of amides is 1. The fraction of sp³-hybridized carbons (Fsp3) is 0.625. The molecule has 0 radical (unpaired) electrons. The number of pyridine rings is 1. The fourth-order valence-electron chi connectivity index (χ4n) is 3.47. The van der Waals surface area contributed by atoms with Gasteiger partial charge in [0.05, 0.1) is 5.02 Å². The summed E-state index contributed by atoms with van der Waals surface area (Å²) in [4.78, 5) is 18.9. The van der Waals surface area contributed by atoms with E-state index in [0.29, 0.717) is 5.02 Å². The van der Waals surface area contributed by atoms with Crippen LogP contribution in [0.25, 0.3) is 0 Å². The Morgan fingerprint density at radius 3 is 3.05 bits per heavy atom. The van der Waals surface area contributed by atoms with Crippen LogP contribution >= 0.6 is 11.6 Å². The molecule has 2 aliphatic rings. The normalized spacial score (nSPS) is 28.6. The Labute approximate surface area is 136 Å². The van der Waals surface area contributed by atoms with Gasteiger partial charge in [-0.2, -0.15) is 0 Å². The predicted molar refractivity (Wildman–Crippen MR) is 87.9 cm³/mol. The van der Waals surface area contributed by atoms with E-state index in [2.05, 4.69) is 15.2 Å². The molecule has 1 saturated heterocycles. The molecule has 0 spiro atoms. The van der Waals surface area contributed by atoms with E-state index >= 15 is 0 Å². The Hall–Kier alpha value is -1.33. The van der Waals surface area contributed by atoms with Crippen LogP contribution in [0.4, 0.5) is 5.82 Å². The Kier molecular flexibility index (Phi) is 4.84. The molecule has 1 aliphatic carbocycles. The number of hydrogen-bond donors (Lipinski definition) is 2. The van der Waals surface area contributed by atoms with Crippen molar-refractivity contribution in [2.75, 3.05) is 18.0 Å². The van der Waals surface area contributed by atoms with Crippen molar-refractivity contribution in [1.82, 2.24) is 10.3 Å². The molecule has 3 atom stereocenters. The van der Waals surface area contributed by atoms with Crippen LogP contribution in [-0.4, -0.2) is 36.1 Å². The highest BCUT2D eigenvalue weighted by Crippen LogP contribution is 2.27. The van der Waals surface area contributed by atoms with Gasteiger partial charge in [-0.1, -0.05) is 18.0 Å². The maximum absolute atomic E-state index is 12.4. The first kappa shape index (κ1) is 15.6. The number of nitrogens with one attached hydrogen (secondary N) is 1. The zero-order chi connectivity index (χ0) is 15.5. The Morgan fingerprint density at radius 2 is 2.27 bits per heavy atom. The summed E-state index contributed by atoms with van der Waals surface area (Å²) in [7, 11) is 0. The second kappa shape index (κ2) is 6.84. The standard InChI is InChI=1S/C16H23ClN4O/c17-14-5-2-7-19-15(14)21-8-6-13(10-21)20-16(22)11-3-1-4-12(18)9-11/h2,5,7,11-13H,1,3-4,6,8-10,18H2,(H,20,22)/t11-,12+,13+/m0/s1. The van der Waals surface area contributed by atoms with Gasteiger partial charge in [-0.15, -0.1) is 0 Å². The molecule has 0 unspecified atom stereocenters. The summed E-state index contributed by atoms with van der Waals surface area (Å²) < 4.78 is 0. The van der Waals surface area contributed by atoms with Gasteiger partial charge in [-0.25, -0.2) is 4.98 Å². The zero-order valence-corrected chi connectivity index (χ0v) is 13.4. The van der Waals surface area contributed by atoms with E-state index in [0.717, 1.165) is 51.0 Å². The van der Waals surface area contributed by atoms with Crippen molar-refractivity contribution in [1.29, 1.82) is 0 Å². The largest absolute Gasteiger partial charge is 0.353 e. The molecule has 3 N–H and O–H groups in total. The molecule has 0 bridgehead atoms. The molecule has 1 aromatic heterocycles. The molecule has 1 aliphatic heterocycles. The lowest BCUT2D eigenvalue weighted by molar-refractivity contribution is -0.126. The SMILES string of the molecule is N[C@@H]1CCC[C@H](C(=O)N[C@@H]2CCN(c3ncccc3Cl)C2)C1. The minimum Gasteiger partial charge on any atom is -0.353 e. The van der Waals surface area contributed by atoms with Gasteiger partial charge >= 0.3 is 0 Å². The van der Waals surface area contributed by atoms with Crippen molar-refractivity contribution in [2.45, 2.75) is 44.2 Å². The average Bonchev–Trinajstić information content (AvgIpc) is 2.96. The van der Waals surface area contributed by atoms with Gasteiger partial charge in [0.2, 0.25) is 5.91 Å². The summed E-state index contributed by atoms with van der Waals surface area (Å²) in [5.74, 6) is 1.05. The molecule has 5 nitrogen and oxygen atoms in total. The van der Waals surface area contributed by atoms with E-state index in [1.165, 1.54) is 0 Å². The van der Waals surface area contributed by atoms with Gasteiger partial charge in [0.15, 0.2) is 0 Å². The van der Waals surface area contributed by atoms with Gasteiger partial charge in [0.1, 0.15) is 5.82 Å². The molecule has 1 aromatic rings. The van der Waals surface area contributed by atoms with Crippen molar-refractivity contribution in [3.8, 4) is 0 Å². The van der Waals surface area contributed by atoms with Gasteiger partial charge in [0, 0.05) is 37.3 Å². The molecule has 0 aromatic carbocycles. The first-order valence-corrected chi connectivity index (χ1v) is 8.42. The van der Waals surface area contributed by atoms with E-state index in [-0.39, 0.29) is 23.9 Å². The quantitative estimate of drug-likeness (QED) is 0.892. The third kappa shape index (κ3) is 3.52. The summed E-state index contributed by atoms with van der Waals surface area (Å²) in [5, 5.41) is 3.84. The third-order valence-electron chi connectivity index (χ3n) is 4.66. The second-order valence-electron chi connectivity index (χ2n) is 6.37. The summed E-state index contributed by atoms with van der Waals surface area (Å²) in [5.41, 5.74) is 5.97. The van der Waals surface area contributed by atoms with E-state index in [9.17, 15) is 4.79 Å². The topological polar surface area (TPSA) is 71.2 Å². The zero-order valence-electron chi connectivity index (χ0n) is 12.7. The van der Waals surface area contributed by atoms with E-state index in [4.69, 9.17) is 17.3 Å². The second-order valence-corrected chi connectivity index (χ2v) is 6.78. The lowest BCUT2D eigenvalue weighted by Crippen LogP contribution is -2.43. The number of halogens is 1. The molecule has 120 valence electrons. The minimum atomic E-state index is 0.0799. The van der Waals surface area contributed by atoms with Gasteiger partial charge < -0.3 is 16.0 Å². The summed E-state index contributed by atoms with van der Waals surface area (Å²) in [6.45, 7) is 1.63. The van der Waals surface area contributed by atoms with Crippen LogP contribution in [-0.2, 0) is 4.79 Å². The summed E-state index contributed by atoms with van der Waals surface area (Å²) in [6, 6.07) is 4.02. The Bertz CT molecular complexity index is 539. The Morgan fingerprint density at radius 1 is 1.41 bits per heavy atom. The maximum atomic E-state index is 12.4. The van der Waals surface area contributed by atoms with Crippen LogP contribution in [0.1, 0.15) is 32.1 Å². The van der Waals surface area contributed by atoms with Crippen molar-refractivity contribution in [3.05, 3.63) is 23.4 Å². The van der Waals surface area contributed by atoms with E-state index in [1.807, 2.05) is 12.1 Å². The van der Waals surface area contributed by atoms with Crippen LogP contribution in [0, 0.1) is 5.92 Å². The predicted octanol–water partition coefficient (Wildman–Crippen LogP) is 1.95. The fourth-order valence-corrected chi connectivity index (χ4v) is 3.71. The highest BCUT2D eigenvalue weighted by molar-refractivity contribution is 6.32. The highest BCUT2D eigenvalue weighted by Gasteiger charge is 2.30. The smallest absolute Gasteiger partial charge is 0.223 e. The molecule has 22 heavy (non-hydrogen) atoms. The van der Waals surface area contributed by atoms with Crippen LogP contribution < -0.4 is 16.0 Å². The number of carbonyl (C=O) groups excluding carboxylic acids is 1. The summed E-state index contributed by atoms with van der Waals surface area (Å²) >= 11 is 6.19. The molecule has 2 heterocycles. The molecular formula is C16H23ClN4O. The van der Waals surface area contributed by atoms with Crippen molar-refractivity contribution in [3.63, 3.8) is 0 Å². The monoisotopic (exact) mass is 322 g/mol. The van der Waals surface area contributed by atoms with Gasteiger partial charge in [-0.05, 0) is 37.8 Å². The van der Waals surface area contributed by atoms with Crippen LogP contribution in [0.15, 0.2) is 18.3 Å². The molecule has 1 saturated carbocycles. The molecule has 2 fully saturated rings. The van der Waals surface area contributed by atoms with Crippen molar-refractivity contribution < 1.29 is 4.79 Å². The lowest BCUT2D eigenvalue weighted by Gasteiger charge is -2.27. The number of carbonyl (C=O) groups is 1. The average molecular weight is 323 g/mol. The first-order valence-electron chi connectivity index (χ1n) is 8.05. The van der Waals surface area contributed by atoms with Crippen molar-refractivity contribution >= 4 is 23.3 Å². The number of nitrogens with zero attached hydrogens (tertiary/aromatic N) is 2. The van der Waals surface area contributed by atoms with Crippen LogP contribution in [0.5, 0.6) is 0 Å². The van der Waals surface area contributed by atoms with Gasteiger partial charge in [0.25, 0.3) is 0 Å². The molecular weight excluding hydrogens is 300 g/mol. The highest BCUT2D eigenvalue weighted by atomic mass is 35.5. The number of nitrogens with two attached hydrogens (primary N) is 1. The van der Waals surface area contributed by atoms with E-state index in [1.54, 1.807) is 6.20 Å². The molecule has 1 amide bonds. The minimum absolute atomic E-state index is 0.0799. The third-order valence-corrected chi connectivity index (χ3v) is 4.95. The van der Waals surface area contributed by atoms with E-state index < -0.39 is 0 Å². The number of aromatic nitrogens is 1. The molecule has 6 heteroatoms. The lowest BCUT2D eigenvalue weighted by atomic mass is 9.85. The summed E-state index contributed by atoms with van der Waals surface area (Å²) in [6.07, 6.45) is 6.54. The first-order chi connectivity index (χ1) is 10.6. The van der Waals surface area contributed by atoms with Crippen LogP contribution in [0.2, 0.25) is 5.02 Å². The Balaban J connectivity index is 1.55. The maximum Gasteiger partial charge on any atom is 0.223 e. The number of hydrogen-bond acceptors (Lipinski definition) is 4. The van der Waals surface area contributed by atoms with Crippen LogP contribution in [0.3, 0.4) is 0 Å².